The summed E-state index contributed by atoms with van der Waals surface area (Å²) < 4.78 is 1.43. The van der Waals surface area contributed by atoms with Crippen LogP contribution in [0.15, 0.2) is 71.7 Å². The van der Waals surface area contributed by atoms with Crippen molar-refractivity contribution < 1.29 is 9.90 Å². The molecule has 0 bridgehead atoms. The van der Waals surface area contributed by atoms with E-state index in [0.29, 0.717) is 23.7 Å². The van der Waals surface area contributed by atoms with Gasteiger partial charge < -0.3 is 20.2 Å². The number of rotatable bonds is 6. The molecule has 9 heteroatoms. The van der Waals surface area contributed by atoms with E-state index < -0.39 is 11.5 Å². The fourth-order valence-corrected chi connectivity index (χ4v) is 5.27. The van der Waals surface area contributed by atoms with Gasteiger partial charge in [0.15, 0.2) is 11.4 Å². The Morgan fingerprint density at radius 3 is 2.56 bits per heavy atom. The number of para-hydroxylation sites is 2. The molecule has 9 nitrogen and oxygen atoms in total. The minimum Gasteiger partial charge on any atom is -0.478 e. The van der Waals surface area contributed by atoms with Gasteiger partial charge in [0.05, 0.1) is 11.6 Å². The number of carboxylic acids is 1. The number of nitriles is 1. The highest BCUT2D eigenvalue weighted by Gasteiger charge is 2.29. The van der Waals surface area contributed by atoms with Crippen LogP contribution in [-0.4, -0.2) is 46.1 Å². The predicted molar refractivity (Wildman–Crippen MR) is 152 cm³/mol. The van der Waals surface area contributed by atoms with Crippen molar-refractivity contribution in [3.8, 4) is 6.07 Å². The summed E-state index contributed by atoms with van der Waals surface area (Å²) in [4.78, 5) is 34.6. The van der Waals surface area contributed by atoms with Gasteiger partial charge in [-0.05, 0) is 56.7 Å². The second-order valence-corrected chi connectivity index (χ2v) is 9.93. The molecule has 0 radical (unpaired) electrons. The predicted octanol–water partition coefficient (Wildman–Crippen LogP) is 4.46. The van der Waals surface area contributed by atoms with Gasteiger partial charge in [-0.3, -0.25) is 9.20 Å². The van der Waals surface area contributed by atoms with Crippen LogP contribution in [0.1, 0.15) is 46.9 Å². The first kappa shape index (κ1) is 25.8. The SMILES string of the molecule is Cc1cc([C@@H](C)Nc2ccccc2C(=O)O)c2nc(N3CCN(c4ccccc4)CC3C)c(C#N)c(=O)n2c1. The highest BCUT2D eigenvalue weighted by Crippen LogP contribution is 2.29. The minimum absolute atomic E-state index is 0.00676. The Kier molecular flexibility index (Phi) is 6.94. The van der Waals surface area contributed by atoms with Crippen molar-refractivity contribution in [2.24, 2.45) is 0 Å². The second-order valence-electron chi connectivity index (χ2n) is 9.93. The second kappa shape index (κ2) is 10.5. The fraction of sp³-hybridized carbons (Fsp3) is 0.267. The van der Waals surface area contributed by atoms with E-state index >= 15 is 0 Å². The molecular weight excluding hydrogens is 492 g/mol. The molecule has 2 N–H and O–H groups in total. The molecule has 2 aromatic carbocycles. The van der Waals surface area contributed by atoms with E-state index in [-0.39, 0.29) is 23.2 Å². The average molecular weight is 523 g/mol. The van der Waals surface area contributed by atoms with Crippen LogP contribution in [0.2, 0.25) is 0 Å². The Hall–Kier alpha value is -4.84. The van der Waals surface area contributed by atoms with Gasteiger partial charge in [-0.25, -0.2) is 9.78 Å². The van der Waals surface area contributed by atoms with Crippen LogP contribution in [0.25, 0.3) is 5.65 Å². The van der Waals surface area contributed by atoms with E-state index in [1.165, 1.54) is 4.40 Å². The van der Waals surface area contributed by atoms with Gasteiger partial charge in [0.2, 0.25) is 0 Å². The van der Waals surface area contributed by atoms with E-state index in [2.05, 4.69) is 35.3 Å². The molecule has 1 saturated heterocycles. The Bertz CT molecular complexity index is 1640. The number of anilines is 3. The third kappa shape index (κ3) is 4.89. The average Bonchev–Trinajstić information content (AvgIpc) is 2.93. The normalized spacial score (nSPS) is 16.1. The summed E-state index contributed by atoms with van der Waals surface area (Å²) in [6.07, 6.45) is 1.69. The smallest absolute Gasteiger partial charge is 0.337 e. The van der Waals surface area contributed by atoms with Gasteiger partial charge in [-0.15, -0.1) is 0 Å². The molecule has 4 aromatic rings. The lowest BCUT2D eigenvalue weighted by molar-refractivity contribution is 0.0698. The van der Waals surface area contributed by atoms with Crippen molar-refractivity contribution in [1.29, 1.82) is 5.26 Å². The number of pyridine rings is 1. The Labute approximate surface area is 226 Å². The lowest BCUT2D eigenvalue weighted by Gasteiger charge is -2.41. The topological polar surface area (TPSA) is 114 Å². The number of aryl methyl sites for hydroxylation is 1. The molecule has 3 heterocycles. The number of aromatic nitrogens is 2. The molecule has 1 aliphatic rings. The summed E-state index contributed by atoms with van der Waals surface area (Å²) >= 11 is 0. The molecule has 1 aliphatic heterocycles. The summed E-state index contributed by atoms with van der Waals surface area (Å²) in [5.74, 6) is -0.649. The van der Waals surface area contributed by atoms with E-state index in [9.17, 15) is 20.0 Å². The Morgan fingerprint density at radius 1 is 1.15 bits per heavy atom. The first-order valence-electron chi connectivity index (χ1n) is 12.9. The van der Waals surface area contributed by atoms with Crippen LogP contribution in [0.3, 0.4) is 0 Å². The first-order valence-corrected chi connectivity index (χ1v) is 12.9. The summed E-state index contributed by atoms with van der Waals surface area (Å²) in [5, 5.41) is 22.9. The number of benzene rings is 2. The van der Waals surface area contributed by atoms with Crippen molar-refractivity contribution in [1.82, 2.24) is 9.38 Å². The van der Waals surface area contributed by atoms with Gasteiger partial charge in [-0.2, -0.15) is 5.26 Å². The molecule has 2 aromatic heterocycles. The van der Waals surface area contributed by atoms with Crippen molar-refractivity contribution in [3.05, 3.63) is 99.5 Å². The maximum atomic E-state index is 13.6. The van der Waals surface area contributed by atoms with Crippen molar-refractivity contribution in [2.45, 2.75) is 32.9 Å². The Balaban J connectivity index is 1.56. The van der Waals surface area contributed by atoms with Crippen LogP contribution < -0.4 is 20.7 Å². The van der Waals surface area contributed by atoms with Crippen LogP contribution in [0.4, 0.5) is 17.2 Å². The summed E-state index contributed by atoms with van der Waals surface area (Å²) in [6.45, 7) is 7.90. The van der Waals surface area contributed by atoms with E-state index in [1.54, 1.807) is 30.5 Å². The minimum atomic E-state index is -1.03. The largest absolute Gasteiger partial charge is 0.478 e. The summed E-state index contributed by atoms with van der Waals surface area (Å²) in [5.41, 5.74) is 3.35. The number of nitrogens with one attached hydrogen (secondary N) is 1. The number of aromatic carboxylic acids is 1. The van der Waals surface area contributed by atoms with Crippen molar-refractivity contribution >= 4 is 28.8 Å². The number of hydrogen-bond acceptors (Lipinski definition) is 7. The van der Waals surface area contributed by atoms with E-state index in [1.807, 2.05) is 43.0 Å². The monoisotopic (exact) mass is 522 g/mol. The molecule has 39 heavy (non-hydrogen) atoms. The van der Waals surface area contributed by atoms with Gasteiger partial charge in [-0.1, -0.05) is 30.3 Å². The summed E-state index contributed by atoms with van der Waals surface area (Å²) in [6, 6.07) is 20.6. The van der Waals surface area contributed by atoms with Gasteiger partial charge >= 0.3 is 5.97 Å². The zero-order chi connectivity index (χ0) is 27.7. The molecular formula is C30H30N6O3. The molecule has 2 atom stereocenters. The van der Waals surface area contributed by atoms with E-state index in [0.717, 1.165) is 29.9 Å². The lowest BCUT2D eigenvalue weighted by atomic mass is 10.1. The Morgan fingerprint density at radius 2 is 1.87 bits per heavy atom. The number of piperazine rings is 1. The number of nitrogens with zero attached hydrogens (tertiary/aromatic N) is 5. The molecule has 5 rings (SSSR count). The standard InChI is InChI=1S/C30H30N6O3/c1-19-15-24(21(3)32-26-12-8-7-11-23(26)30(38)39)27-33-28(25(16-31)29(37)36(27)17-19)35-14-13-34(18-20(35)2)22-9-5-4-6-10-22/h4-12,15,17,20-21,32H,13-14,18H2,1-3H3,(H,38,39)/t20?,21-/m1/s1. The molecule has 1 fully saturated rings. The molecule has 0 aliphatic carbocycles. The number of carboxylic acid groups (broad SMARTS) is 1. The van der Waals surface area contributed by atoms with Crippen molar-refractivity contribution in [2.75, 3.05) is 34.8 Å². The highest BCUT2D eigenvalue weighted by molar-refractivity contribution is 5.94. The van der Waals surface area contributed by atoms with Crippen molar-refractivity contribution in [3.63, 3.8) is 0 Å². The third-order valence-corrected chi connectivity index (χ3v) is 7.20. The first-order chi connectivity index (χ1) is 18.8. The lowest BCUT2D eigenvalue weighted by Crippen LogP contribution is -2.53. The van der Waals surface area contributed by atoms with Gasteiger partial charge in [0, 0.05) is 48.8 Å². The quantitative estimate of drug-likeness (QED) is 0.382. The van der Waals surface area contributed by atoms with Crippen LogP contribution >= 0.6 is 0 Å². The number of hydrogen-bond donors (Lipinski definition) is 2. The van der Waals surface area contributed by atoms with Crippen LogP contribution in [0, 0.1) is 18.3 Å². The molecule has 198 valence electrons. The fourth-order valence-electron chi connectivity index (χ4n) is 5.27. The maximum Gasteiger partial charge on any atom is 0.337 e. The highest BCUT2D eigenvalue weighted by atomic mass is 16.4. The molecule has 0 spiro atoms. The van der Waals surface area contributed by atoms with Crippen LogP contribution in [-0.2, 0) is 0 Å². The molecule has 1 unspecified atom stereocenters. The van der Waals surface area contributed by atoms with Crippen LogP contribution in [0.5, 0.6) is 0 Å². The van der Waals surface area contributed by atoms with Gasteiger partial charge in [0.1, 0.15) is 11.7 Å². The summed E-state index contributed by atoms with van der Waals surface area (Å²) in [7, 11) is 0. The van der Waals surface area contributed by atoms with Gasteiger partial charge in [0.25, 0.3) is 5.56 Å². The number of carbonyl (C=O) groups is 1. The zero-order valence-corrected chi connectivity index (χ0v) is 22.1. The zero-order valence-electron chi connectivity index (χ0n) is 22.1. The number of fused-ring (bicyclic) bond motifs is 1. The van der Waals surface area contributed by atoms with E-state index in [4.69, 9.17) is 4.98 Å². The maximum absolute atomic E-state index is 13.6. The molecule has 0 amide bonds. The third-order valence-electron chi connectivity index (χ3n) is 7.20. The molecule has 0 saturated carbocycles.